The van der Waals surface area contributed by atoms with Crippen LogP contribution in [-0.4, -0.2) is 29.7 Å². The summed E-state index contributed by atoms with van der Waals surface area (Å²) in [6.45, 7) is 4.24. The quantitative estimate of drug-likeness (QED) is 0.607. The molecule has 6 nitrogen and oxygen atoms in total. The van der Waals surface area contributed by atoms with Crippen LogP contribution in [0, 0.1) is 17.0 Å². The highest BCUT2D eigenvalue weighted by Gasteiger charge is 2.13. The van der Waals surface area contributed by atoms with Gasteiger partial charge in [0.05, 0.1) is 17.6 Å². The molecule has 0 aromatic carbocycles. The number of hydrogen-bond donors (Lipinski definition) is 1. The molecule has 1 atom stereocenters. The molecular weight excluding hydrogens is 222 g/mol. The standard InChI is InChI=1S/C11H17N3O3/c1-4-9(7-17-3)13-11-6-5-10(14(15)16)8(2)12-11/h5-6,9H,4,7H2,1-3H3,(H,12,13). The number of hydrogen-bond acceptors (Lipinski definition) is 5. The van der Waals surface area contributed by atoms with Gasteiger partial charge >= 0.3 is 0 Å². The summed E-state index contributed by atoms with van der Waals surface area (Å²) in [5.74, 6) is 0.636. The van der Waals surface area contributed by atoms with Crippen molar-refractivity contribution >= 4 is 11.5 Å². The van der Waals surface area contributed by atoms with E-state index in [9.17, 15) is 10.1 Å². The molecule has 1 rings (SSSR count). The molecule has 1 heterocycles. The van der Waals surface area contributed by atoms with E-state index in [2.05, 4.69) is 10.3 Å². The van der Waals surface area contributed by atoms with Crippen molar-refractivity contribution in [3.05, 3.63) is 27.9 Å². The van der Waals surface area contributed by atoms with Crippen molar-refractivity contribution in [1.82, 2.24) is 4.98 Å². The highest BCUT2D eigenvalue weighted by atomic mass is 16.6. The fraction of sp³-hybridized carbons (Fsp3) is 0.545. The number of methoxy groups -OCH3 is 1. The maximum absolute atomic E-state index is 10.6. The van der Waals surface area contributed by atoms with Crippen molar-refractivity contribution in [3.63, 3.8) is 0 Å². The van der Waals surface area contributed by atoms with Gasteiger partial charge in [-0.15, -0.1) is 0 Å². The zero-order chi connectivity index (χ0) is 12.8. The van der Waals surface area contributed by atoms with Gasteiger partial charge in [-0.05, 0) is 19.4 Å². The highest BCUT2D eigenvalue weighted by Crippen LogP contribution is 2.18. The van der Waals surface area contributed by atoms with E-state index in [1.165, 1.54) is 6.07 Å². The number of ether oxygens (including phenoxy) is 1. The predicted octanol–water partition coefficient (Wildman–Crippen LogP) is 2.14. The van der Waals surface area contributed by atoms with Gasteiger partial charge in [0, 0.05) is 13.2 Å². The fourth-order valence-corrected chi connectivity index (χ4v) is 1.50. The van der Waals surface area contributed by atoms with E-state index in [0.717, 1.165) is 6.42 Å². The smallest absolute Gasteiger partial charge is 0.290 e. The molecular formula is C11H17N3O3. The zero-order valence-corrected chi connectivity index (χ0v) is 10.3. The van der Waals surface area contributed by atoms with Crippen LogP contribution >= 0.6 is 0 Å². The summed E-state index contributed by atoms with van der Waals surface area (Å²) in [5.41, 5.74) is 0.447. The van der Waals surface area contributed by atoms with Gasteiger partial charge in [-0.25, -0.2) is 4.98 Å². The molecule has 0 aliphatic heterocycles. The Kier molecular flexibility index (Phi) is 4.84. The number of anilines is 1. The average Bonchev–Trinajstić information content (AvgIpc) is 2.28. The number of pyridine rings is 1. The molecule has 0 aliphatic carbocycles. The Bertz CT molecular complexity index is 396. The van der Waals surface area contributed by atoms with E-state index in [1.807, 2.05) is 6.92 Å². The summed E-state index contributed by atoms with van der Waals surface area (Å²) in [7, 11) is 1.64. The van der Waals surface area contributed by atoms with Crippen molar-refractivity contribution < 1.29 is 9.66 Å². The van der Waals surface area contributed by atoms with E-state index >= 15 is 0 Å². The van der Waals surface area contributed by atoms with Crippen molar-refractivity contribution in [1.29, 1.82) is 0 Å². The van der Waals surface area contributed by atoms with Crippen molar-refractivity contribution in [3.8, 4) is 0 Å². The lowest BCUT2D eigenvalue weighted by Gasteiger charge is -2.16. The first kappa shape index (κ1) is 13.4. The molecule has 1 unspecified atom stereocenters. The van der Waals surface area contributed by atoms with Crippen LogP contribution in [0.4, 0.5) is 11.5 Å². The van der Waals surface area contributed by atoms with Gasteiger partial charge in [-0.3, -0.25) is 10.1 Å². The lowest BCUT2D eigenvalue weighted by atomic mass is 10.2. The van der Waals surface area contributed by atoms with E-state index < -0.39 is 4.92 Å². The fourth-order valence-electron chi connectivity index (χ4n) is 1.50. The second-order valence-electron chi connectivity index (χ2n) is 3.76. The third-order valence-corrected chi connectivity index (χ3v) is 2.47. The molecule has 6 heteroatoms. The average molecular weight is 239 g/mol. The van der Waals surface area contributed by atoms with E-state index in [4.69, 9.17) is 4.74 Å². The van der Waals surface area contributed by atoms with Gasteiger partial charge < -0.3 is 10.1 Å². The van der Waals surface area contributed by atoms with Crippen LogP contribution in [-0.2, 0) is 4.74 Å². The van der Waals surface area contributed by atoms with E-state index in [0.29, 0.717) is 18.1 Å². The van der Waals surface area contributed by atoms with E-state index in [-0.39, 0.29) is 11.7 Å². The van der Waals surface area contributed by atoms with Gasteiger partial charge in [-0.1, -0.05) is 6.92 Å². The van der Waals surface area contributed by atoms with E-state index in [1.54, 1.807) is 20.1 Å². The molecule has 0 saturated heterocycles. The molecule has 1 N–H and O–H groups in total. The summed E-state index contributed by atoms with van der Waals surface area (Å²) in [4.78, 5) is 14.4. The first-order valence-electron chi connectivity index (χ1n) is 5.46. The third kappa shape index (κ3) is 3.67. The van der Waals surface area contributed by atoms with Crippen LogP contribution in [0.15, 0.2) is 12.1 Å². The molecule has 0 aliphatic rings. The number of rotatable bonds is 6. The van der Waals surface area contributed by atoms with Gasteiger partial charge in [0.1, 0.15) is 11.5 Å². The first-order chi connectivity index (χ1) is 8.08. The monoisotopic (exact) mass is 239 g/mol. The largest absolute Gasteiger partial charge is 0.383 e. The van der Waals surface area contributed by atoms with Gasteiger partial charge in [-0.2, -0.15) is 0 Å². The Morgan fingerprint density at radius 2 is 2.29 bits per heavy atom. The van der Waals surface area contributed by atoms with Crippen LogP contribution in [0.25, 0.3) is 0 Å². The van der Waals surface area contributed by atoms with Crippen LogP contribution < -0.4 is 5.32 Å². The summed E-state index contributed by atoms with van der Waals surface area (Å²) >= 11 is 0. The SMILES string of the molecule is CCC(COC)Nc1ccc([N+](=O)[O-])c(C)n1. The maximum atomic E-state index is 10.6. The van der Waals surface area contributed by atoms with Gasteiger partial charge in [0.2, 0.25) is 0 Å². The molecule has 1 aromatic rings. The molecule has 0 bridgehead atoms. The third-order valence-electron chi connectivity index (χ3n) is 2.47. The normalized spacial score (nSPS) is 12.2. The number of nitro groups is 1. The molecule has 1 aromatic heterocycles. The number of aromatic nitrogens is 1. The Balaban J connectivity index is 2.79. The van der Waals surface area contributed by atoms with Crippen molar-refractivity contribution in [2.45, 2.75) is 26.3 Å². The second-order valence-corrected chi connectivity index (χ2v) is 3.76. The molecule has 0 fully saturated rings. The Morgan fingerprint density at radius 1 is 1.59 bits per heavy atom. The minimum Gasteiger partial charge on any atom is -0.383 e. The molecule has 0 saturated carbocycles. The van der Waals surface area contributed by atoms with Crippen molar-refractivity contribution in [2.75, 3.05) is 19.0 Å². The topological polar surface area (TPSA) is 77.3 Å². The van der Waals surface area contributed by atoms with Crippen LogP contribution in [0.5, 0.6) is 0 Å². The zero-order valence-electron chi connectivity index (χ0n) is 10.3. The van der Waals surface area contributed by atoms with Crippen molar-refractivity contribution in [2.24, 2.45) is 0 Å². The maximum Gasteiger partial charge on any atom is 0.290 e. The van der Waals surface area contributed by atoms with Gasteiger partial charge in [0.15, 0.2) is 0 Å². The van der Waals surface area contributed by atoms with Gasteiger partial charge in [0.25, 0.3) is 5.69 Å². The van der Waals surface area contributed by atoms with Crippen LogP contribution in [0.3, 0.4) is 0 Å². The lowest BCUT2D eigenvalue weighted by Crippen LogP contribution is -2.24. The molecule has 0 amide bonds. The second kappa shape index (κ2) is 6.15. The first-order valence-corrected chi connectivity index (χ1v) is 5.46. The molecule has 0 radical (unpaired) electrons. The molecule has 17 heavy (non-hydrogen) atoms. The van der Waals surface area contributed by atoms with Crippen LogP contribution in [0.1, 0.15) is 19.0 Å². The number of nitrogens with one attached hydrogen (secondary N) is 1. The summed E-state index contributed by atoms with van der Waals surface area (Å²) in [5, 5.41) is 13.8. The number of aryl methyl sites for hydroxylation is 1. The molecule has 0 spiro atoms. The summed E-state index contributed by atoms with van der Waals surface area (Å²) in [6, 6.07) is 3.24. The molecule has 94 valence electrons. The Morgan fingerprint density at radius 3 is 2.76 bits per heavy atom. The summed E-state index contributed by atoms with van der Waals surface area (Å²) in [6.07, 6.45) is 0.894. The lowest BCUT2D eigenvalue weighted by molar-refractivity contribution is -0.385. The van der Waals surface area contributed by atoms with Crippen LogP contribution in [0.2, 0.25) is 0 Å². The number of nitrogens with zero attached hydrogens (tertiary/aromatic N) is 2. The Hall–Kier alpha value is -1.69. The summed E-state index contributed by atoms with van der Waals surface area (Å²) < 4.78 is 5.06. The highest BCUT2D eigenvalue weighted by molar-refractivity contribution is 5.45. The Labute approximate surface area is 100 Å². The minimum atomic E-state index is -0.432. The minimum absolute atomic E-state index is 0.0374. The predicted molar refractivity (Wildman–Crippen MR) is 65.2 cm³/mol.